The molecule has 0 radical (unpaired) electrons. The summed E-state index contributed by atoms with van der Waals surface area (Å²) in [6.45, 7) is 2.13. The maximum Gasteiger partial charge on any atom is 0.259 e. The highest BCUT2D eigenvalue weighted by Gasteiger charge is 2.28. The molecule has 96 valence electrons. The van der Waals surface area contributed by atoms with Crippen LogP contribution in [0.15, 0.2) is 18.2 Å². The zero-order chi connectivity index (χ0) is 13.1. The number of amides is 2. The van der Waals surface area contributed by atoms with E-state index in [-0.39, 0.29) is 11.8 Å². The number of unbranched alkanes of at least 4 members (excludes halogenated alkanes) is 1. The van der Waals surface area contributed by atoms with Crippen LogP contribution in [0, 0.1) is 0 Å². The van der Waals surface area contributed by atoms with Crippen LogP contribution in [0.4, 0.5) is 0 Å². The lowest BCUT2D eigenvalue weighted by molar-refractivity contribution is 0.0879. The fourth-order valence-corrected chi connectivity index (χ4v) is 2.56. The second-order valence-corrected chi connectivity index (χ2v) is 6.21. The van der Waals surface area contributed by atoms with Gasteiger partial charge in [0.1, 0.15) is 0 Å². The summed E-state index contributed by atoms with van der Waals surface area (Å²) < 4.78 is 0. The van der Waals surface area contributed by atoms with Crippen molar-refractivity contribution in [3.05, 3.63) is 34.9 Å². The number of hydrogen-bond acceptors (Lipinski definition) is 2. The van der Waals surface area contributed by atoms with E-state index >= 15 is 0 Å². The first-order valence-electron chi connectivity index (χ1n) is 6.21. The predicted octanol–water partition coefficient (Wildman–Crippen LogP) is 3.07. The number of aryl methyl sites for hydroxylation is 1. The molecule has 0 spiro atoms. The highest BCUT2D eigenvalue weighted by molar-refractivity contribution is 9.09. The van der Waals surface area contributed by atoms with Crippen molar-refractivity contribution >= 4 is 27.7 Å². The smallest absolute Gasteiger partial charge is 0.259 e. The second kappa shape index (κ2) is 5.65. The van der Waals surface area contributed by atoms with Crippen LogP contribution in [0.3, 0.4) is 0 Å². The molecular weight excluding hydrogens is 294 g/mol. The van der Waals surface area contributed by atoms with Gasteiger partial charge in [-0.2, -0.15) is 0 Å². The largest absolute Gasteiger partial charge is 0.288 e. The third kappa shape index (κ3) is 2.80. The minimum atomic E-state index is -0.272. The van der Waals surface area contributed by atoms with Gasteiger partial charge < -0.3 is 0 Å². The van der Waals surface area contributed by atoms with Gasteiger partial charge in [-0.25, -0.2) is 0 Å². The molecule has 0 fully saturated rings. The molecule has 0 bridgehead atoms. The molecule has 18 heavy (non-hydrogen) atoms. The fourth-order valence-electron chi connectivity index (χ4n) is 2.24. The molecule has 1 unspecified atom stereocenters. The minimum absolute atomic E-state index is 0.251. The first-order valence-corrected chi connectivity index (χ1v) is 7.13. The summed E-state index contributed by atoms with van der Waals surface area (Å²) in [4.78, 5) is 23.7. The van der Waals surface area contributed by atoms with E-state index < -0.39 is 0 Å². The Kier molecular flexibility index (Phi) is 4.17. The maximum atomic E-state index is 11.7. The van der Waals surface area contributed by atoms with Crippen molar-refractivity contribution in [3.63, 3.8) is 0 Å². The van der Waals surface area contributed by atoms with Crippen LogP contribution < -0.4 is 5.32 Å². The number of nitrogens with one attached hydrogen (secondary N) is 1. The van der Waals surface area contributed by atoms with Gasteiger partial charge in [0.2, 0.25) is 0 Å². The first kappa shape index (κ1) is 13.3. The van der Waals surface area contributed by atoms with E-state index in [0.29, 0.717) is 16.0 Å². The Morgan fingerprint density at radius 1 is 1.22 bits per heavy atom. The molecule has 1 atom stereocenters. The molecule has 0 saturated carbocycles. The Hall–Kier alpha value is -1.16. The van der Waals surface area contributed by atoms with Crippen LogP contribution >= 0.6 is 15.9 Å². The van der Waals surface area contributed by atoms with Crippen molar-refractivity contribution in [2.75, 3.05) is 0 Å². The van der Waals surface area contributed by atoms with Crippen molar-refractivity contribution in [2.24, 2.45) is 0 Å². The number of carbonyl (C=O) groups excluding carboxylic acids is 2. The molecule has 2 rings (SSSR count). The fraction of sp³-hybridized carbons (Fsp3) is 0.429. The topological polar surface area (TPSA) is 46.2 Å². The van der Waals surface area contributed by atoms with Gasteiger partial charge in [-0.05, 0) is 30.9 Å². The molecule has 4 heteroatoms. The summed E-state index contributed by atoms with van der Waals surface area (Å²) in [7, 11) is 0. The summed E-state index contributed by atoms with van der Waals surface area (Å²) in [6.07, 6.45) is 4.13. The summed E-state index contributed by atoms with van der Waals surface area (Å²) in [6, 6.07) is 5.49. The summed E-state index contributed by atoms with van der Waals surface area (Å²) in [5, 5.41) is 2.35. The molecule has 0 saturated heterocycles. The van der Waals surface area contributed by atoms with Crippen molar-refractivity contribution in [3.8, 4) is 0 Å². The first-order chi connectivity index (χ1) is 8.59. The monoisotopic (exact) mass is 309 g/mol. The quantitative estimate of drug-likeness (QED) is 0.516. The van der Waals surface area contributed by atoms with E-state index in [1.807, 2.05) is 12.1 Å². The molecular formula is C14H16BrNO2. The Bertz CT molecular complexity index is 483. The van der Waals surface area contributed by atoms with Gasteiger partial charge in [0, 0.05) is 4.83 Å². The number of imide groups is 1. The molecule has 1 heterocycles. The molecule has 1 aliphatic heterocycles. The van der Waals surface area contributed by atoms with Gasteiger partial charge in [-0.15, -0.1) is 0 Å². The van der Waals surface area contributed by atoms with Crippen LogP contribution in [0.25, 0.3) is 0 Å². The highest BCUT2D eigenvalue weighted by atomic mass is 79.9. The lowest BCUT2D eigenvalue weighted by Gasteiger charge is -2.06. The number of rotatable bonds is 5. The van der Waals surface area contributed by atoms with E-state index in [1.165, 1.54) is 0 Å². The average Bonchev–Trinajstić information content (AvgIpc) is 2.61. The van der Waals surface area contributed by atoms with Gasteiger partial charge >= 0.3 is 0 Å². The number of fused-ring (bicyclic) bond motifs is 1. The predicted molar refractivity (Wildman–Crippen MR) is 74.2 cm³/mol. The molecule has 1 aromatic carbocycles. The second-order valence-electron chi connectivity index (χ2n) is 4.65. The van der Waals surface area contributed by atoms with Crippen LogP contribution in [0.5, 0.6) is 0 Å². The molecule has 1 aliphatic rings. The zero-order valence-electron chi connectivity index (χ0n) is 10.3. The summed E-state index contributed by atoms with van der Waals surface area (Å²) in [5.41, 5.74) is 2.08. The van der Waals surface area contributed by atoms with Gasteiger partial charge in [-0.3, -0.25) is 14.9 Å². The molecule has 3 nitrogen and oxygen atoms in total. The summed E-state index contributed by atoms with van der Waals surface area (Å²) >= 11 is 3.52. The molecule has 0 aromatic heterocycles. The van der Waals surface area contributed by atoms with Crippen molar-refractivity contribution in [1.82, 2.24) is 5.32 Å². The number of alkyl halides is 1. The zero-order valence-corrected chi connectivity index (χ0v) is 11.9. The number of halogens is 1. The SMILES string of the molecule is CC(Br)CCCCc1cccc2c1C(=O)NC2=O. The minimum Gasteiger partial charge on any atom is -0.288 e. The van der Waals surface area contributed by atoms with E-state index in [1.54, 1.807) is 6.07 Å². The third-order valence-electron chi connectivity index (χ3n) is 3.15. The third-order valence-corrected chi connectivity index (χ3v) is 3.61. The lowest BCUT2D eigenvalue weighted by Crippen LogP contribution is -2.20. The van der Waals surface area contributed by atoms with E-state index in [0.717, 1.165) is 31.2 Å². The number of hydrogen-bond donors (Lipinski definition) is 1. The van der Waals surface area contributed by atoms with Crippen molar-refractivity contribution < 1.29 is 9.59 Å². The molecule has 0 aliphatic carbocycles. The normalized spacial score (nSPS) is 15.4. The molecule has 1 aromatic rings. The lowest BCUT2D eigenvalue weighted by atomic mass is 9.98. The van der Waals surface area contributed by atoms with E-state index in [9.17, 15) is 9.59 Å². The van der Waals surface area contributed by atoms with Gasteiger partial charge in [0.25, 0.3) is 11.8 Å². The van der Waals surface area contributed by atoms with Crippen molar-refractivity contribution in [2.45, 2.75) is 37.4 Å². The van der Waals surface area contributed by atoms with Crippen molar-refractivity contribution in [1.29, 1.82) is 0 Å². The van der Waals surface area contributed by atoms with Gasteiger partial charge in [0.15, 0.2) is 0 Å². The van der Waals surface area contributed by atoms with Crippen LogP contribution in [-0.2, 0) is 6.42 Å². The summed E-state index contributed by atoms with van der Waals surface area (Å²) in [5.74, 6) is -0.523. The Balaban J connectivity index is 2.06. The van der Waals surface area contributed by atoms with Gasteiger partial charge in [-0.1, -0.05) is 41.4 Å². The van der Waals surface area contributed by atoms with Gasteiger partial charge in [0.05, 0.1) is 11.1 Å². The highest BCUT2D eigenvalue weighted by Crippen LogP contribution is 2.22. The van der Waals surface area contributed by atoms with Crippen LogP contribution in [0.1, 0.15) is 52.5 Å². The van der Waals surface area contributed by atoms with E-state index in [2.05, 4.69) is 28.2 Å². The standard InChI is InChI=1S/C14H16BrNO2/c1-9(15)5-2-3-6-10-7-4-8-11-12(10)14(18)16-13(11)17/h4,7-9H,2-3,5-6H2,1H3,(H,16,17,18). The number of carbonyl (C=O) groups is 2. The Morgan fingerprint density at radius 3 is 2.72 bits per heavy atom. The van der Waals surface area contributed by atoms with E-state index in [4.69, 9.17) is 0 Å². The van der Waals surface area contributed by atoms with Crippen LogP contribution in [-0.4, -0.2) is 16.6 Å². The Morgan fingerprint density at radius 2 is 2.00 bits per heavy atom. The average molecular weight is 310 g/mol. The number of benzene rings is 1. The maximum absolute atomic E-state index is 11.7. The Labute approximate surface area is 115 Å². The van der Waals surface area contributed by atoms with Crippen LogP contribution in [0.2, 0.25) is 0 Å². The molecule has 1 N–H and O–H groups in total. The molecule has 2 amide bonds.